The molecule has 0 amide bonds. The first-order valence-electron chi connectivity index (χ1n) is 5.45. The van der Waals surface area contributed by atoms with E-state index in [1.54, 1.807) is 0 Å². The molecule has 0 bridgehead atoms. The van der Waals surface area contributed by atoms with Crippen LogP contribution in [-0.2, 0) is 10.2 Å². The van der Waals surface area contributed by atoms with Crippen LogP contribution in [-0.4, -0.2) is 36.0 Å². The van der Waals surface area contributed by atoms with E-state index in [1.807, 2.05) is 0 Å². The lowest BCUT2D eigenvalue weighted by atomic mass is 10.2. The second-order valence-corrected chi connectivity index (χ2v) is 5.58. The Labute approximate surface area is 95.2 Å². The molecule has 1 aliphatic heterocycles. The topological polar surface area (TPSA) is 78.1 Å². The fourth-order valence-corrected chi connectivity index (χ4v) is 3.08. The van der Waals surface area contributed by atoms with Crippen LogP contribution in [0.4, 0.5) is 5.69 Å². The van der Waals surface area contributed by atoms with Crippen molar-refractivity contribution in [3.63, 3.8) is 0 Å². The zero-order valence-corrected chi connectivity index (χ0v) is 9.83. The van der Waals surface area contributed by atoms with Crippen LogP contribution in [0.5, 0.6) is 0 Å². The normalized spacial score (nSPS) is 19.2. The highest BCUT2D eigenvalue weighted by atomic mass is 32.2. The summed E-state index contributed by atoms with van der Waals surface area (Å²) < 4.78 is 28.0. The minimum Gasteiger partial charge on any atom is -0.284 e. The van der Waals surface area contributed by atoms with Crippen molar-refractivity contribution in [2.24, 2.45) is 0 Å². The molecule has 2 heterocycles. The Morgan fingerprint density at radius 2 is 1.94 bits per heavy atom. The highest BCUT2D eigenvalue weighted by Gasteiger charge is 2.22. The molecule has 16 heavy (non-hydrogen) atoms. The van der Waals surface area contributed by atoms with Gasteiger partial charge >= 0.3 is 10.2 Å². The van der Waals surface area contributed by atoms with Gasteiger partial charge in [-0.15, -0.1) is 0 Å². The van der Waals surface area contributed by atoms with E-state index >= 15 is 0 Å². The quantitative estimate of drug-likeness (QED) is 0.830. The average Bonchev–Trinajstić information content (AvgIpc) is 2.56. The van der Waals surface area contributed by atoms with Crippen LogP contribution in [0.25, 0.3) is 0 Å². The highest BCUT2D eigenvalue weighted by Crippen LogP contribution is 2.15. The molecule has 0 aromatic carbocycles. The van der Waals surface area contributed by atoms with Crippen LogP contribution < -0.4 is 4.72 Å². The number of hydrogen-bond donors (Lipinski definition) is 2. The molecule has 1 aliphatic rings. The summed E-state index contributed by atoms with van der Waals surface area (Å²) in [5.41, 5.74) is 0.476. The molecular weight excluding hydrogens is 228 g/mol. The molecule has 90 valence electrons. The lowest BCUT2D eigenvalue weighted by Crippen LogP contribution is -2.36. The molecule has 0 unspecified atom stereocenters. The molecule has 1 aromatic heterocycles. The fraction of sp³-hybridized carbons (Fsp3) is 0.667. The van der Waals surface area contributed by atoms with Gasteiger partial charge in [0.1, 0.15) is 0 Å². The largest absolute Gasteiger partial charge is 0.301 e. The summed E-state index contributed by atoms with van der Waals surface area (Å²) in [4.78, 5) is 0. The Bertz CT molecular complexity index is 407. The van der Waals surface area contributed by atoms with E-state index in [-0.39, 0.29) is 0 Å². The standard InChI is InChI=1S/C9H16N4O2S/c14-16(15,12-9-7-10-11-8-9)13-5-3-1-2-4-6-13/h7-8,12H,1-6H2,(H,10,11). The van der Waals surface area contributed by atoms with Gasteiger partial charge in [-0.2, -0.15) is 17.8 Å². The van der Waals surface area contributed by atoms with Crippen molar-refractivity contribution in [2.75, 3.05) is 17.8 Å². The SMILES string of the molecule is O=S(=O)(Nc1cn[nH]c1)N1CCCCCC1. The summed E-state index contributed by atoms with van der Waals surface area (Å²) in [5, 5.41) is 6.27. The lowest BCUT2D eigenvalue weighted by molar-refractivity contribution is 0.427. The molecule has 0 atom stereocenters. The van der Waals surface area contributed by atoms with Gasteiger partial charge in [-0.25, -0.2) is 0 Å². The number of anilines is 1. The van der Waals surface area contributed by atoms with E-state index in [9.17, 15) is 8.42 Å². The molecule has 6 nitrogen and oxygen atoms in total. The zero-order valence-electron chi connectivity index (χ0n) is 9.02. The van der Waals surface area contributed by atoms with E-state index < -0.39 is 10.2 Å². The van der Waals surface area contributed by atoms with Crippen LogP contribution in [0.1, 0.15) is 25.7 Å². The van der Waals surface area contributed by atoms with E-state index in [4.69, 9.17) is 0 Å². The number of aromatic amines is 1. The van der Waals surface area contributed by atoms with E-state index in [2.05, 4.69) is 14.9 Å². The smallest absolute Gasteiger partial charge is 0.284 e. The van der Waals surface area contributed by atoms with Gasteiger partial charge in [-0.1, -0.05) is 12.8 Å². The molecule has 0 aliphatic carbocycles. The van der Waals surface area contributed by atoms with Crippen molar-refractivity contribution in [3.05, 3.63) is 12.4 Å². The summed E-state index contributed by atoms with van der Waals surface area (Å²) in [7, 11) is -3.41. The van der Waals surface area contributed by atoms with Gasteiger partial charge in [0.05, 0.1) is 11.9 Å². The van der Waals surface area contributed by atoms with Crippen molar-refractivity contribution in [1.82, 2.24) is 14.5 Å². The first-order valence-corrected chi connectivity index (χ1v) is 6.89. The van der Waals surface area contributed by atoms with E-state index in [1.165, 1.54) is 16.7 Å². The molecule has 0 radical (unpaired) electrons. The van der Waals surface area contributed by atoms with Gasteiger partial charge in [-0.05, 0) is 12.8 Å². The number of nitrogens with one attached hydrogen (secondary N) is 2. The van der Waals surface area contributed by atoms with E-state index in [0.29, 0.717) is 18.8 Å². The number of hydrogen-bond acceptors (Lipinski definition) is 3. The average molecular weight is 244 g/mol. The van der Waals surface area contributed by atoms with Gasteiger partial charge in [0.15, 0.2) is 0 Å². The summed E-state index contributed by atoms with van der Waals surface area (Å²) in [5.74, 6) is 0. The Morgan fingerprint density at radius 1 is 1.25 bits per heavy atom. The number of aromatic nitrogens is 2. The predicted octanol–water partition coefficient (Wildman–Crippen LogP) is 0.942. The third-order valence-corrected chi connectivity index (χ3v) is 4.19. The van der Waals surface area contributed by atoms with Crippen LogP contribution in [0.15, 0.2) is 12.4 Å². The second kappa shape index (κ2) is 4.84. The maximum Gasteiger partial charge on any atom is 0.301 e. The first-order chi connectivity index (χ1) is 7.68. The zero-order chi connectivity index (χ0) is 11.4. The summed E-state index contributed by atoms with van der Waals surface area (Å²) >= 11 is 0. The molecular formula is C9H16N4O2S. The van der Waals surface area contributed by atoms with Gasteiger partial charge in [0.25, 0.3) is 0 Å². The molecule has 0 spiro atoms. The third-order valence-electron chi connectivity index (χ3n) is 2.65. The van der Waals surface area contributed by atoms with Gasteiger partial charge in [0, 0.05) is 19.3 Å². The van der Waals surface area contributed by atoms with Crippen molar-refractivity contribution in [3.8, 4) is 0 Å². The minimum atomic E-state index is -3.41. The molecule has 7 heteroatoms. The van der Waals surface area contributed by atoms with Gasteiger partial charge < -0.3 is 0 Å². The maximum absolute atomic E-state index is 12.0. The maximum atomic E-state index is 12.0. The Balaban J connectivity index is 2.05. The number of nitrogens with zero attached hydrogens (tertiary/aromatic N) is 2. The first kappa shape index (κ1) is 11.4. The fourth-order valence-electron chi connectivity index (χ4n) is 1.80. The number of H-pyrrole nitrogens is 1. The Kier molecular flexibility index (Phi) is 3.45. The van der Waals surface area contributed by atoms with Crippen LogP contribution >= 0.6 is 0 Å². The van der Waals surface area contributed by atoms with Crippen LogP contribution in [0.2, 0.25) is 0 Å². The predicted molar refractivity (Wildman–Crippen MR) is 61.2 cm³/mol. The highest BCUT2D eigenvalue weighted by molar-refractivity contribution is 7.90. The van der Waals surface area contributed by atoms with Gasteiger partial charge in [0.2, 0.25) is 0 Å². The Morgan fingerprint density at radius 3 is 2.50 bits per heavy atom. The molecule has 0 saturated carbocycles. The van der Waals surface area contributed by atoms with Crippen LogP contribution in [0, 0.1) is 0 Å². The summed E-state index contributed by atoms with van der Waals surface area (Å²) in [6.45, 7) is 1.21. The molecule has 1 fully saturated rings. The second-order valence-electron chi connectivity index (χ2n) is 3.91. The Hall–Kier alpha value is -1.08. The minimum absolute atomic E-state index is 0.476. The van der Waals surface area contributed by atoms with E-state index in [0.717, 1.165) is 25.7 Å². The molecule has 2 rings (SSSR count). The van der Waals surface area contributed by atoms with Crippen molar-refractivity contribution in [1.29, 1.82) is 0 Å². The monoisotopic (exact) mass is 244 g/mol. The molecule has 2 N–H and O–H groups in total. The summed E-state index contributed by atoms with van der Waals surface area (Å²) in [6.07, 6.45) is 7.07. The molecule has 1 saturated heterocycles. The molecule has 1 aromatic rings. The van der Waals surface area contributed by atoms with Crippen molar-refractivity contribution < 1.29 is 8.42 Å². The van der Waals surface area contributed by atoms with Crippen molar-refractivity contribution >= 4 is 15.9 Å². The third kappa shape index (κ3) is 2.73. The van der Waals surface area contributed by atoms with Gasteiger partial charge in [-0.3, -0.25) is 9.82 Å². The lowest BCUT2D eigenvalue weighted by Gasteiger charge is -2.19. The summed E-state index contributed by atoms with van der Waals surface area (Å²) in [6, 6.07) is 0. The number of rotatable bonds is 3. The van der Waals surface area contributed by atoms with Crippen molar-refractivity contribution in [2.45, 2.75) is 25.7 Å². The van der Waals surface area contributed by atoms with Crippen LogP contribution in [0.3, 0.4) is 0 Å².